The van der Waals surface area contributed by atoms with Gasteiger partial charge in [-0.05, 0) is 38.9 Å². The first-order valence-electron chi connectivity index (χ1n) is 10.2. The number of aromatic nitrogens is 2. The SMILES string of the molecule is CC(=N)C(Cn1cc(N2C(=O)N(Cc3cccc(C)c3F)C(C)(C)C2=O)cn1)C(C)P. The summed E-state index contributed by atoms with van der Waals surface area (Å²) in [5, 5.41) is 12.3. The molecule has 1 aliphatic rings. The van der Waals surface area contributed by atoms with E-state index in [1.165, 1.54) is 11.1 Å². The topological polar surface area (TPSA) is 82.3 Å². The highest BCUT2D eigenvalue weighted by atomic mass is 31.0. The largest absolute Gasteiger partial charge is 0.332 e. The van der Waals surface area contributed by atoms with Gasteiger partial charge in [-0.3, -0.25) is 9.48 Å². The molecule has 9 heteroatoms. The molecule has 31 heavy (non-hydrogen) atoms. The lowest BCUT2D eigenvalue weighted by Crippen LogP contribution is -2.43. The second-order valence-electron chi connectivity index (χ2n) is 8.69. The number of halogens is 1. The summed E-state index contributed by atoms with van der Waals surface area (Å²) in [5.74, 6) is -0.784. The number of hydrogen-bond acceptors (Lipinski definition) is 4. The van der Waals surface area contributed by atoms with E-state index in [2.05, 4.69) is 14.3 Å². The van der Waals surface area contributed by atoms with Crippen LogP contribution in [0, 0.1) is 24.1 Å². The van der Waals surface area contributed by atoms with Gasteiger partial charge in [0.2, 0.25) is 0 Å². The molecule has 0 saturated carbocycles. The summed E-state index contributed by atoms with van der Waals surface area (Å²) < 4.78 is 16.2. The Morgan fingerprint density at radius 3 is 2.61 bits per heavy atom. The molecule has 1 fully saturated rings. The zero-order chi connectivity index (χ0) is 23.1. The van der Waals surface area contributed by atoms with Crippen molar-refractivity contribution in [1.82, 2.24) is 14.7 Å². The summed E-state index contributed by atoms with van der Waals surface area (Å²) in [6, 6.07) is 4.52. The Morgan fingerprint density at radius 2 is 2.00 bits per heavy atom. The Balaban J connectivity index is 1.87. The third-order valence-electron chi connectivity index (χ3n) is 5.88. The number of hydrogen-bond donors (Lipinski definition) is 1. The third kappa shape index (κ3) is 4.26. The van der Waals surface area contributed by atoms with E-state index >= 15 is 0 Å². The molecule has 1 N–H and O–H groups in total. The predicted molar refractivity (Wildman–Crippen MR) is 122 cm³/mol. The normalized spacial score (nSPS) is 17.9. The van der Waals surface area contributed by atoms with Crippen LogP contribution in [0.15, 0.2) is 30.6 Å². The number of urea groups is 1. The predicted octanol–water partition coefficient (Wildman–Crippen LogP) is 4.00. The van der Waals surface area contributed by atoms with Crippen LogP contribution in [0.5, 0.6) is 0 Å². The zero-order valence-electron chi connectivity index (χ0n) is 18.5. The van der Waals surface area contributed by atoms with Crippen LogP contribution >= 0.6 is 9.24 Å². The van der Waals surface area contributed by atoms with Crippen LogP contribution in [0.2, 0.25) is 0 Å². The van der Waals surface area contributed by atoms with E-state index in [0.29, 0.717) is 29.1 Å². The maximum Gasteiger partial charge on any atom is 0.332 e. The molecule has 3 rings (SSSR count). The smallest absolute Gasteiger partial charge is 0.310 e. The minimum atomic E-state index is -1.13. The lowest BCUT2D eigenvalue weighted by Gasteiger charge is -2.28. The van der Waals surface area contributed by atoms with Crippen molar-refractivity contribution >= 4 is 32.6 Å². The molecular weight excluding hydrogens is 416 g/mol. The first kappa shape index (κ1) is 23.1. The van der Waals surface area contributed by atoms with Crippen LogP contribution in [0.25, 0.3) is 0 Å². The first-order chi connectivity index (χ1) is 14.4. The van der Waals surface area contributed by atoms with Gasteiger partial charge in [0.1, 0.15) is 11.4 Å². The molecule has 0 spiro atoms. The Hall–Kier alpha value is -2.60. The first-order valence-corrected chi connectivity index (χ1v) is 10.8. The van der Waals surface area contributed by atoms with Crippen molar-refractivity contribution in [2.45, 2.75) is 58.9 Å². The highest BCUT2D eigenvalue weighted by Gasteiger charge is 2.52. The van der Waals surface area contributed by atoms with E-state index < -0.39 is 11.6 Å². The summed E-state index contributed by atoms with van der Waals surface area (Å²) in [7, 11) is 2.70. The van der Waals surface area contributed by atoms with Gasteiger partial charge in [0.05, 0.1) is 18.4 Å². The monoisotopic (exact) mass is 445 g/mol. The van der Waals surface area contributed by atoms with Crippen LogP contribution < -0.4 is 4.90 Å². The summed E-state index contributed by atoms with van der Waals surface area (Å²) >= 11 is 0. The maximum atomic E-state index is 14.5. The van der Waals surface area contributed by atoms with Gasteiger partial charge in [0.15, 0.2) is 0 Å². The minimum Gasteiger partial charge on any atom is -0.310 e. The number of benzene rings is 1. The van der Waals surface area contributed by atoms with Crippen LogP contribution in [0.1, 0.15) is 38.8 Å². The quantitative estimate of drug-likeness (QED) is 0.397. The van der Waals surface area contributed by atoms with Gasteiger partial charge in [-0.1, -0.05) is 25.1 Å². The third-order valence-corrected chi connectivity index (χ3v) is 6.34. The van der Waals surface area contributed by atoms with Crippen molar-refractivity contribution in [2.75, 3.05) is 4.90 Å². The van der Waals surface area contributed by atoms with Gasteiger partial charge < -0.3 is 10.3 Å². The molecule has 7 nitrogen and oxygen atoms in total. The van der Waals surface area contributed by atoms with Crippen molar-refractivity contribution < 1.29 is 14.0 Å². The molecule has 3 unspecified atom stereocenters. The number of nitrogens with zero attached hydrogens (tertiary/aromatic N) is 4. The lowest BCUT2D eigenvalue weighted by molar-refractivity contribution is -0.123. The lowest BCUT2D eigenvalue weighted by atomic mass is 10.0. The molecule has 166 valence electrons. The molecule has 2 heterocycles. The maximum absolute atomic E-state index is 14.5. The van der Waals surface area contributed by atoms with Gasteiger partial charge >= 0.3 is 6.03 Å². The average Bonchev–Trinajstić information content (AvgIpc) is 3.20. The fourth-order valence-electron chi connectivity index (χ4n) is 3.80. The number of carbonyl (C=O) groups excluding carboxylic acids is 2. The van der Waals surface area contributed by atoms with Crippen molar-refractivity contribution in [3.8, 4) is 0 Å². The molecule has 1 saturated heterocycles. The van der Waals surface area contributed by atoms with Crippen LogP contribution in [0.3, 0.4) is 0 Å². The molecule has 0 bridgehead atoms. The van der Waals surface area contributed by atoms with Gasteiger partial charge in [-0.25, -0.2) is 14.1 Å². The summed E-state index contributed by atoms with van der Waals surface area (Å²) in [6.07, 6.45) is 3.12. The Bertz CT molecular complexity index is 1030. The summed E-state index contributed by atoms with van der Waals surface area (Å²) in [5.41, 5.74) is 0.821. The van der Waals surface area contributed by atoms with E-state index in [9.17, 15) is 14.0 Å². The molecule has 3 atom stereocenters. The van der Waals surface area contributed by atoms with E-state index in [4.69, 9.17) is 5.41 Å². The Labute approximate surface area is 184 Å². The molecular formula is C22H29FN5O2P. The second-order valence-corrected chi connectivity index (χ2v) is 9.74. The minimum absolute atomic E-state index is 0.00460. The number of nitrogens with one attached hydrogen (secondary N) is 1. The van der Waals surface area contributed by atoms with Gasteiger partial charge in [-0.2, -0.15) is 5.10 Å². The Morgan fingerprint density at radius 1 is 1.32 bits per heavy atom. The number of anilines is 1. The van der Waals surface area contributed by atoms with E-state index in [1.807, 2.05) is 6.92 Å². The van der Waals surface area contributed by atoms with E-state index in [1.54, 1.807) is 56.8 Å². The highest BCUT2D eigenvalue weighted by molar-refractivity contribution is 7.17. The molecule has 0 radical (unpaired) electrons. The van der Waals surface area contributed by atoms with Crippen molar-refractivity contribution in [3.63, 3.8) is 0 Å². The number of rotatable bonds is 7. The number of aryl methyl sites for hydroxylation is 1. The van der Waals surface area contributed by atoms with Crippen LogP contribution in [0.4, 0.5) is 14.9 Å². The number of carbonyl (C=O) groups is 2. The summed E-state index contributed by atoms with van der Waals surface area (Å²) in [4.78, 5) is 28.8. The Kier molecular flexibility index (Phi) is 6.33. The van der Waals surface area contributed by atoms with Crippen LogP contribution in [-0.4, -0.2) is 43.5 Å². The van der Waals surface area contributed by atoms with E-state index in [-0.39, 0.29) is 29.8 Å². The van der Waals surface area contributed by atoms with Gasteiger partial charge in [0, 0.05) is 29.9 Å². The van der Waals surface area contributed by atoms with Gasteiger partial charge in [-0.15, -0.1) is 9.24 Å². The molecule has 1 aromatic heterocycles. The van der Waals surface area contributed by atoms with Crippen LogP contribution in [-0.2, 0) is 17.9 Å². The molecule has 1 aliphatic heterocycles. The van der Waals surface area contributed by atoms with Crippen molar-refractivity contribution in [2.24, 2.45) is 5.92 Å². The standard InChI is InChI=1S/C22H29FN5O2P/c1-13-7-6-8-16(19(13)23)10-27-21(30)28(20(29)22(27,4)5)17-9-25-26(11-17)12-18(14(2)24)15(3)31/h6-9,11,15,18,24H,10,12,31H2,1-5H3. The second kappa shape index (κ2) is 8.50. The average molecular weight is 445 g/mol. The summed E-state index contributed by atoms with van der Waals surface area (Å²) in [6.45, 7) is 9.23. The molecule has 2 aromatic rings. The number of imide groups is 1. The van der Waals surface area contributed by atoms with Gasteiger partial charge in [0.25, 0.3) is 5.91 Å². The fourth-order valence-corrected chi connectivity index (χ4v) is 4.21. The molecule has 1 aromatic carbocycles. The van der Waals surface area contributed by atoms with E-state index in [0.717, 1.165) is 4.90 Å². The fraction of sp³-hybridized carbons (Fsp3) is 0.455. The van der Waals surface area contributed by atoms with Crippen molar-refractivity contribution in [1.29, 1.82) is 5.41 Å². The number of amides is 3. The highest BCUT2D eigenvalue weighted by Crippen LogP contribution is 2.33. The molecule has 0 aliphatic carbocycles. The molecule has 3 amide bonds. The zero-order valence-corrected chi connectivity index (χ0v) is 19.7. The van der Waals surface area contributed by atoms with Crippen molar-refractivity contribution in [3.05, 3.63) is 47.5 Å².